The van der Waals surface area contributed by atoms with Crippen LogP contribution in [-0.4, -0.2) is 61.1 Å². The lowest BCUT2D eigenvalue weighted by Gasteiger charge is -2.31. The van der Waals surface area contributed by atoms with Crippen molar-refractivity contribution >= 4 is 11.3 Å². The molecule has 1 N–H and O–H groups in total. The molecule has 0 aliphatic carbocycles. The van der Waals surface area contributed by atoms with E-state index in [0.717, 1.165) is 19.6 Å². The Balaban J connectivity index is 1.84. The Kier molecular flexibility index (Phi) is 5.33. The van der Waals surface area contributed by atoms with Crippen LogP contribution in [0.15, 0.2) is 0 Å². The van der Waals surface area contributed by atoms with Crippen molar-refractivity contribution in [1.82, 2.24) is 20.1 Å². The third-order valence-electron chi connectivity index (χ3n) is 3.96. The van der Waals surface area contributed by atoms with Gasteiger partial charge in [0.25, 0.3) is 0 Å². The molecule has 1 atom stereocenters. The monoisotopic (exact) mass is 282 g/mol. The van der Waals surface area contributed by atoms with E-state index in [1.807, 2.05) is 11.3 Å². The minimum atomic E-state index is 0.467. The highest BCUT2D eigenvalue weighted by Crippen LogP contribution is 2.27. The molecule has 0 amide bonds. The van der Waals surface area contributed by atoms with Crippen LogP contribution in [-0.2, 0) is 0 Å². The van der Waals surface area contributed by atoms with Gasteiger partial charge in [-0.3, -0.25) is 9.80 Å². The summed E-state index contributed by atoms with van der Waals surface area (Å²) in [4.78, 5) is 10.9. The van der Waals surface area contributed by atoms with Gasteiger partial charge < -0.3 is 5.32 Å². The van der Waals surface area contributed by atoms with Gasteiger partial charge in [0.1, 0.15) is 0 Å². The van der Waals surface area contributed by atoms with Crippen LogP contribution in [0.25, 0.3) is 0 Å². The topological polar surface area (TPSA) is 31.4 Å². The number of rotatable bonds is 5. The van der Waals surface area contributed by atoms with Gasteiger partial charge in [-0.25, -0.2) is 4.98 Å². The molecular formula is C14H26N4S. The van der Waals surface area contributed by atoms with Crippen LogP contribution in [0.5, 0.6) is 0 Å². The number of aryl methyl sites for hydroxylation is 2. The number of nitrogens with zero attached hydrogens (tertiary/aromatic N) is 3. The normalized spacial score (nSPS) is 19.0. The number of thiazole rings is 1. The van der Waals surface area contributed by atoms with E-state index in [9.17, 15) is 0 Å². The molecule has 1 fully saturated rings. The van der Waals surface area contributed by atoms with Crippen molar-refractivity contribution in [2.45, 2.75) is 26.8 Å². The van der Waals surface area contributed by atoms with Crippen LogP contribution in [0.2, 0.25) is 0 Å². The van der Waals surface area contributed by atoms with E-state index in [2.05, 4.69) is 47.9 Å². The lowest BCUT2D eigenvalue weighted by molar-refractivity contribution is 0.184. The molecule has 108 valence electrons. The largest absolute Gasteiger partial charge is 0.314 e. The quantitative estimate of drug-likeness (QED) is 0.890. The number of hydrogen-bond acceptors (Lipinski definition) is 5. The van der Waals surface area contributed by atoms with Crippen molar-refractivity contribution in [2.75, 3.05) is 46.3 Å². The molecule has 1 unspecified atom stereocenters. The van der Waals surface area contributed by atoms with E-state index >= 15 is 0 Å². The standard InChI is InChI=1S/C14H26N4S/c1-11-14(19-13(3)16-11)12(2)17(4)9-10-18-7-5-15-6-8-18/h12,15H,5-10H2,1-4H3. The number of nitrogens with one attached hydrogen (secondary N) is 1. The van der Waals surface area contributed by atoms with Gasteiger partial charge in [-0.1, -0.05) is 0 Å². The molecule has 0 saturated carbocycles. The first-order valence-corrected chi connectivity index (χ1v) is 7.97. The molecule has 2 heterocycles. The Hall–Kier alpha value is -0.490. The zero-order valence-electron chi connectivity index (χ0n) is 12.6. The molecule has 1 saturated heterocycles. The third-order valence-corrected chi connectivity index (χ3v) is 5.20. The summed E-state index contributed by atoms with van der Waals surface area (Å²) in [5.41, 5.74) is 1.20. The van der Waals surface area contributed by atoms with Crippen LogP contribution in [0.3, 0.4) is 0 Å². The second-order valence-electron chi connectivity index (χ2n) is 5.43. The fraction of sp³-hybridized carbons (Fsp3) is 0.786. The molecule has 19 heavy (non-hydrogen) atoms. The Morgan fingerprint density at radius 1 is 1.37 bits per heavy atom. The minimum Gasteiger partial charge on any atom is -0.314 e. The fourth-order valence-corrected chi connectivity index (χ4v) is 3.61. The summed E-state index contributed by atoms with van der Waals surface area (Å²) in [7, 11) is 2.22. The molecule has 1 aromatic rings. The maximum Gasteiger partial charge on any atom is 0.0900 e. The highest BCUT2D eigenvalue weighted by Gasteiger charge is 2.18. The maximum atomic E-state index is 4.54. The maximum absolute atomic E-state index is 4.54. The molecule has 1 aliphatic rings. The first kappa shape index (κ1) is 14.9. The molecule has 0 aromatic carbocycles. The molecule has 2 rings (SSSR count). The molecule has 5 heteroatoms. The van der Waals surface area contributed by atoms with Crippen LogP contribution in [0.1, 0.15) is 28.5 Å². The molecule has 0 radical (unpaired) electrons. The Morgan fingerprint density at radius 3 is 2.63 bits per heavy atom. The zero-order valence-corrected chi connectivity index (χ0v) is 13.4. The van der Waals surface area contributed by atoms with Crippen molar-refractivity contribution in [3.8, 4) is 0 Å². The lowest BCUT2D eigenvalue weighted by Crippen LogP contribution is -2.46. The zero-order chi connectivity index (χ0) is 13.8. The number of aromatic nitrogens is 1. The summed E-state index contributed by atoms with van der Waals surface area (Å²) in [5, 5.41) is 4.58. The summed E-state index contributed by atoms with van der Waals surface area (Å²) in [6.07, 6.45) is 0. The average Bonchev–Trinajstić information content (AvgIpc) is 2.75. The lowest BCUT2D eigenvalue weighted by atomic mass is 10.2. The predicted octanol–water partition coefficient (Wildman–Crippen LogP) is 1.66. The van der Waals surface area contributed by atoms with E-state index in [1.54, 1.807) is 0 Å². The summed E-state index contributed by atoms with van der Waals surface area (Å²) >= 11 is 1.84. The third kappa shape index (κ3) is 3.99. The Morgan fingerprint density at radius 2 is 2.05 bits per heavy atom. The first-order valence-electron chi connectivity index (χ1n) is 7.15. The Labute approximate surface area is 120 Å². The highest BCUT2D eigenvalue weighted by atomic mass is 32.1. The van der Waals surface area contributed by atoms with E-state index in [-0.39, 0.29) is 0 Å². The van der Waals surface area contributed by atoms with E-state index in [0.29, 0.717) is 6.04 Å². The minimum absolute atomic E-state index is 0.467. The first-order chi connectivity index (χ1) is 9.08. The van der Waals surface area contributed by atoms with Crippen molar-refractivity contribution in [1.29, 1.82) is 0 Å². The second-order valence-corrected chi connectivity index (χ2v) is 6.67. The summed E-state index contributed by atoms with van der Waals surface area (Å²) in [6.45, 7) is 13.4. The summed E-state index contributed by atoms with van der Waals surface area (Å²) in [5.74, 6) is 0. The van der Waals surface area contributed by atoms with Crippen molar-refractivity contribution in [3.05, 3.63) is 15.6 Å². The molecule has 0 bridgehead atoms. The van der Waals surface area contributed by atoms with E-state index in [4.69, 9.17) is 0 Å². The van der Waals surface area contributed by atoms with Crippen LogP contribution in [0.4, 0.5) is 0 Å². The van der Waals surface area contributed by atoms with Crippen LogP contribution >= 0.6 is 11.3 Å². The van der Waals surface area contributed by atoms with E-state index < -0.39 is 0 Å². The van der Waals surface area contributed by atoms with Gasteiger partial charge in [0, 0.05) is 50.2 Å². The predicted molar refractivity (Wildman–Crippen MR) is 81.9 cm³/mol. The van der Waals surface area contributed by atoms with Gasteiger partial charge in [-0.2, -0.15) is 0 Å². The molecular weight excluding hydrogens is 256 g/mol. The molecule has 1 aliphatic heterocycles. The highest BCUT2D eigenvalue weighted by molar-refractivity contribution is 7.11. The SMILES string of the molecule is Cc1nc(C)c(C(C)N(C)CCN2CCNCC2)s1. The van der Waals surface area contributed by atoms with E-state index in [1.165, 1.54) is 35.2 Å². The van der Waals surface area contributed by atoms with Crippen LogP contribution in [0, 0.1) is 13.8 Å². The number of likely N-dealkylation sites (N-methyl/N-ethyl adjacent to an activating group) is 1. The number of hydrogen-bond donors (Lipinski definition) is 1. The van der Waals surface area contributed by atoms with Crippen LogP contribution < -0.4 is 5.32 Å². The van der Waals surface area contributed by atoms with Crippen molar-refractivity contribution in [3.63, 3.8) is 0 Å². The fourth-order valence-electron chi connectivity index (χ4n) is 2.56. The van der Waals surface area contributed by atoms with Gasteiger partial charge in [-0.05, 0) is 27.8 Å². The second kappa shape index (κ2) is 6.79. The average molecular weight is 282 g/mol. The van der Waals surface area contributed by atoms with Gasteiger partial charge in [0.05, 0.1) is 10.7 Å². The van der Waals surface area contributed by atoms with Gasteiger partial charge >= 0.3 is 0 Å². The smallest absolute Gasteiger partial charge is 0.0900 e. The van der Waals surface area contributed by atoms with Crippen molar-refractivity contribution in [2.24, 2.45) is 0 Å². The molecule has 0 spiro atoms. The number of piperazine rings is 1. The van der Waals surface area contributed by atoms with Gasteiger partial charge in [-0.15, -0.1) is 11.3 Å². The van der Waals surface area contributed by atoms with Crippen molar-refractivity contribution < 1.29 is 0 Å². The molecule has 1 aromatic heterocycles. The van der Waals surface area contributed by atoms with Gasteiger partial charge in [0.15, 0.2) is 0 Å². The Bertz CT molecular complexity index is 398. The van der Waals surface area contributed by atoms with Gasteiger partial charge in [0.2, 0.25) is 0 Å². The summed E-state index contributed by atoms with van der Waals surface area (Å²) in [6, 6.07) is 0.467. The summed E-state index contributed by atoms with van der Waals surface area (Å²) < 4.78 is 0. The molecule has 4 nitrogen and oxygen atoms in total.